The lowest BCUT2D eigenvalue weighted by Gasteiger charge is -2.16. The zero-order valence-electron chi connectivity index (χ0n) is 16.1. The number of halogens is 6. The minimum Gasteiger partial charge on any atom is -0.484 e. The molecule has 0 amide bonds. The second-order valence-electron chi connectivity index (χ2n) is 6.62. The molecule has 15 heteroatoms. The third-order valence-electron chi connectivity index (χ3n) is 4.00. The molecule has 180 valence electrons. The summed E-state index contributed by atoms with van der Waals surface area (Å²) in [5, 5.41) is 0.903. The fraction of sp³-hybridized carbons (Fsp3) is 0.222. The number of hydrogen-bond acceptors (Lipinski definition) is 6. The molecule has 0 unspecified atom stereocenters. The van der Waals surface area contributed by atoms with Gasteiger partial charge < -0.3 is 9.47 Å². The highest BCUT2D eigenvalue weighted by Crippen LogP contribution is 2.34. The standard InChI is InChI=1S/C18H13F6NO6S2/c19-17(20,21)9-30-13-3-4-14(31-10-18(22,23)24)16(8-13)33(28,29)25-12-2-1-11-5-6-32(26,27)15(11)7-12/h1-8,25H,9-10H2. The van der Waals surface area contributed by atoms with Crippen molar-refractivity contribution < 1.29 is 52.7 Å². The average Bonchev–Trinajstić information content (AvgIpc) is 2.98. The van der Waals surface area contributed by atoms with E-state index in [-0.39, 0.29) is 16.1 Å². The van der Waals surface area contributed by atoms with E-state index >= 15 is 0 Å². The summed E-state index contributed by atoms with van der Waals surface area (Å²) in [6.45, 7) is -3.65. The van der Waals surface area contributed by atoms with E-state index in [4.69, 9.17) is 0 Å². The van der Waals surface area contributed by atoms with Gasteiger partial charge in [-0.3, -0.25) is 4.72 Å². The average molecular weight is 517 g/mol. The van der Waals surface area contributed by atoms with Gasteiger partial charge in [0.1, 0.15) is 16.4 Å². The number of benzene rings is 2. The van der Waals surface area contributed by atoms with Gasteiger partial charge >= 0.3 is 12.4 Å². The molecule has 0 aromatic heterocycles. The number of sulfonamides is 1. The minimum atomic E-state index is -4.83. The molecule has 0 aliphatic carbocycles. The molecule has 1 aliphatic heterocycles. The van der Waals surface area contributed by atoms with Crippen LogP contribution < -0.4 is 14.2 Å². The summed E-state index contributed by atoms with van der Waals surface area (Å²) in [5.41, 5.74) is 0.0269. The van der Waals surface area contributed by atoms with E-state index in [0.29, 0.717) is 12.1 Å². The van der Waals surface area contributed by atoms with Crippen molar-refractivity contribution in [3.8, 4) is 11.5 Å². The number of sulfone groups is 1. The molecule has 1 N–H and O–H groups in total. The van der Waals surface area contributed by atoms with E-state index in [2.05, 4.69) is 9.47 Å². The largest absolute Gasteiger partial charge is 0.484 e. The van der Waals surface area contributed by atoms with Crippen molar-refractivity contribution in [2.24, 2.45) is 0 Å². The Bertz CT molecular complexity index is 1300. The molecule has 0 saturated heterocycles. The van der Waals surface area contributed by atoms with Gasteiger partial charge in [0.25, 0.3) is 10.0 Å². The highest BCUT2D eigenvalue weighted by atomic mass is 32.2. The van der Waals surface area contributed by atoms with Gasteiger partial charge in [0.2, 0.25) is 9.84 Å². The van der Waals surface area contributed by atoms with E-state index in [0.717, 1.165) is 17.5 Å². The fourth-order valence-electron chi connectivity index (χ4n) is 2.66. The van der Waals surface area contributed by atoms with Crippen molar-refractivity contribution in [1.82, 2.24) is 0 Å². The smallest absolute Gasteiger partial charge is 0.422 e. The topological polar surface area (TPSA) is 98.8 Å². The molecule has 33 heavy (non-hydrogen) atoms. The van der Waals surface area contributed by atoms with Crippen LogP contribution in [0.1, 0.15) is 5.56 Å². The Morgan fingerprint density at radius 1 is 0.879 bits per heavy atom. The monoisotopic (exact) mass is 517 g/mol. The van der Waals surface area contributed by atoms with Crippen molar-refractivity contribution in [2.75, 3.05) is 17.9 Å². The summed E-state index contributed by atoms with van der Waals surface area (Å²) in [5.74, 6) is -1.41. The van der Waals surface area contributed by atoms with Crippen molar-refractivity contribution in [3.63, 3.8) is 0 Å². The van der Waals surface area contributed by atoms with Crippen LogP contribution >= 0.6 is 0 Å². The van der Waals surface area contributed by atoms with Gasteiger partial charge in [-0.1, -0.05) is 6.07 Å². The summed E-state index contributed by atoms with van der Waals surface area (Å²) in [4.78, 5) is -1.16. The highest BCUT2D eigenvalue weighted by Gasteiger charge is 2.32. The number of anilines is 1. The summed E-state index contributed by atoms with van der Waals surface area (Å²) in [6, 6.07) is 5.56. The molecule has 7 nitrogen and oxygen atoms in total. The molecule has 2 aromatic rings. The Hall–Kier alpha value is -2.94. The summed E-state index contributed by atoms with van der Waals surface area (Å²) in [6.07, 6.45) is -8.30. The van der Waals surface area contributed by atoms with Gasteiger partial charge in [-0.2, -0.15) is 26.3 Å². The number of hydrogen-bond donors (Lipinski definition) is 1. The molecule has 1 aliphatic rings. The molecule has 1 heterocycles. The SMILES string of the molecule is O=S1(=O)C=Cc2ccc(NS(=O)(=O)c3cc(OCC(F)(F)F)ccc3OCC(F)(F)F)cc21. The molecule has 0 bridgehead atoms. The lowest BCUT2D eigenvalue weighted by Crippen LogP contribution is -2.22. The number of alkyl halides is 6. The molecule has 0 fully saturated rings. The summed E-state index contributed by atoms with van der Waals surface area (Å²) >= 11 is 0. The lowest BCUT2D eigenvalue weighted by atomic mass is 10.2. The number of rotatable bonds is 7. The Labute approximate surface area is 183 Å². The fourth-order valence-corrected chi connectivity index (χ4v) is 5.10. The first kappa shape index (κ1) is 24.7. The lowest BCUT2D eigenvalue weighted by molar-refractivity contribution is -0.154. The van der Waals surface area contributed by atoms with Crippen LogP contribution in [-0.2, 0) is 19.9 Å². The van der Waals surface area contributed by atoms with Gasteiger partial charge in [0, 0.05) is 11.5 Å². The second-order valence-corrected chi connectivity index (χ2v) is 10.1. The Balaban J connectivity index is 1.96. The van der Waals surface area contributed by atoms with Crippen LogP contribution in [0.3, 0.4) is 0 Å². The molecule has 0 spiro atoms. The van der Waals surface area contributed by atoms with Crippen molar-refractivity contribution in [1.29, 1.82) is 0 Å². The van der Waals surface area contributed by atoms with Crippen molar-refractivity contribution >= 4 is 31.6 Å². The zero-order chi connectivity index (χ0) is 24.7. The van der Waals surface area contributed by atoms with Gasteiger partial charge in [-0.15, -0.1) is 0 Å². The van der Waals surface area contributed by atoms with Crippen LogP contribution in [-0.4, -0.2) is 42.4 Å². The van der Waals surface area contributed by atoms with Gasteiger partial charge in [0.05, 0.1) is 10.6 Å². The van der Waals surface area contributed by atoms with Crippen LogP contribution in [0.15, 0.2) is 51.6 Å². The normalized spacial score (nSPS) is 15.2. The molecular weight excluding hydrogens is 504 g/mol. The van der Waals surface area contributed by atoms with Crippen LogP contribution in [0, 0.1) is 0 Å². The van der Waals surface area contributed by atoms with Gasteiger partial charge in [0.15, 0.2) is 13.2 Å². The van der Waals surface area contributed by atoms with Crippen molar-refractivity contribution in [3.05, 3.63) is 47.4 Å². The predicted octanol–water partition coefficient (Wildman–Crippen LogP) is 4.13. The Kier molecular flexibility index (Phi) is 6.32. The molecule has 2 aromatic carbocycles. The van der Waals surface area contributed by atoms with Crippen molar-refractivity contribution in [2.45, 2.75) is 22.1 Å². The Morgan fingerprint density at radius 3 is 2.15 bits per heavy atom. The van der Waals surface area contributed by atoms with Crippen LogP contribution in [0.4, 0.5) is 32.0 Å². The van der Waals surface area contributed by atoms with Gasteiger partial charge in [-0.25, -0.2) is 16.8 Å². The summed E-state index contributed by atoms with van der Waals surface area (Å²) < 4.78 is 135. The first-order valence-electron chi connectivity index (χ1n) is 8.69. The number of fused-ring (bicyclic) bond motifs is 1. The zero-order valence-corrected chi connectivity index (χ0v) is 17.7. The van der Waals surface area contributed by atoms with E-state index < -0.39 is 61.8 Å². The maximum Gasteiger partial charge on any atom is 0.422 e. The first-order valence-corrected chi connectivity index (χ1v) is 11.7. The third kappa shape index (κ3) is 6.31. The molecule has 0 atom stereocenters. The second kappa shape index (κ2) is 8.44. The first-order chi connectivity index (χ1) is 15.1. The maximum atomic E-state index is 12.8. The molecule has 0 radical (unpaired) electrons. The van der Waals surface area contributed by atoms with E-state index in [1.54, 1.807) is 0 Å². The van der Waals surface area contributed by atoms with E-state index in [1.807, 2.05) is 4.72 Å². The summed E-state index contributed by atoms with van der Waals surface area (Å²) in [7, 11) is -8.56. The highest BCUT2D eigenvalue weighted by molar-refractivity contribution is 7.95. The van der Waals surface area contributed by atoms with E-state index in [9.17, 15) is 43.2 Å². The van der Waals surface area contributed by atoms with Crippen LogP contribution in [0.25, 0.3) is 6.08 Å². The number of nitrogens with one attached hydrogen (secondary N) is 1. The van der Waals surface area contributed by atoms with E-state index in [1.165, 1.54) is 18.2 Å². The number of ether oxygens (including phenoxy) is 2. The van der Waals surface area contributed by atoms with Crippen LogP contribution in [0.2, 0.25) is 0 Å². The molecular formula is C18H13F6NO6S2. The predicted molar refractivity (Wildman–Crippen MR) is 103 cm³/mol. The molecule has 0 saturated carbocycles. The minimum absolute atomic E-state index is 0.210. The molecule has 3 rings (SSSR count). The third-order valence-corrected chi connectivity index (χ3v) is 6.86. The van der Waals surface area contributed by atoms with Gasteiger partial charge in [-0.05, 0) is 35.9 Å². The van der Waals surface area contributed by atoms with Crippen LogP contribution in [0.5, 0.6) is 11.5 Å². The maximum absolute atomic E-state index is 12.8. The quantitative estimate of drug-likeness (QED) is 0.555. The Morgan fingerprint density at radius 2 is 1.52 bits per heavy atom.